The average Bonchev–Trinajstić information content (AvgIpc) is 2.94. The molecule has 5 heteroatoms. The van der Waals surface area contributed by atoms with E-state index < -0.39 is 23.8 Å². The van der Waals surface area contributed by atoms with Gasteiger partial charge in [0.05, 0.1) is 0 Å². The molecule has 0 aliphatic rings. The monoisotopic (exact) mass is 582 g/mol. The van der Waals surface area contributed by atoms with Crippen molar-refractivity contribution in [2.45, 2.75) is 0 Å². The number of carbonyl (C=O) groups is 1. The first-order chi connectivity index (χ1) is 17.6. The van der Waals surface area contributed by atoms with Crippen molar-refractivity contribution >= 4 is 37.8 Å². The predicted octanol–water partition coefficient (Wildman–Crippen LogP) is 3.78. The zero-order valence-corrected chi connectivity index (χ0v) is 22.0. The van der Waals surface area contributed by atoms with Crippen LogP contribution in [-0.2, 0) is 3.02 Å². The molecule has 0 saturated heterocycles. The Bertz CT molecular complexity index is 1300. The molecule has 0 aliphatic heterocycles. The van der Waals surface area contributed by atoms with Crippen LogP contribution in [0, 0.1) is 0 Å². The molecule has 178 valence electrons. The van der Waals surface area contributed by atoms with Crippen molar-refractivity contribution in [3.63, 3.8) is 0 Å². The van der Waals surface area contributed by atoms with Crippen molar-refractivity contribution in [1.82, 2.24) is 0 Å². The summed E-state index contributed by atoms with van der Waals surface area (Å²) in [4.78, 5) is 14.1. The van der Waals surface area contributed by atoms with Crippen molar-refractivity contribution in [1.29, 1.82) is 0 Å². The molecule has 0 saturated carbocycles. The Balaban J connectivity index is 1.99. The SMILES string of the molecule is O=C([O][Sb]([c]1ccccc1)([c]1ccccc1)([c]1ccccc1)[c]1ccccc1)c1c(O)cccc1O. The van der Waals surface area contributed by atoms with Crippen molar-refractivity contribution in [2.75, 3.05) is 0 Å². The van der Waals surface area contributed by atoms with Gasteiger partial charge in [-0.05, 0) is 0 Å². The fraction of sp³-hybridized carbons (Fsp3) is 0. The van der Waals surface area contributed by atoms with E-state index in [0.717, 1.165) is 14.0 Å². The van der Waals surface area contributed by atoms with Gasteiger partial charge in [0.15, 0.2) is 0 Å². The molecule has 0 heterocycles. The molecular formula is C31H25O4Sb. The Labute approximate surface area is 211 Å². The van der Waals surface area contributed by atoms with Crippen LogP contribution >= 0.6 is 0 Å². The van der Waals surface area contributed by atoms with Gasteiger partial charge in [0.1, 0.15) is 0 Å². The number of benzene rings is 5. The van der Waals surface area contributed by atoms with Crippen molar-refractivity contribution in [2.24, 2.45) is 0 Å². The molecule has 0 atom stereocenters. The summed E-state index contributed by atoms with van der Waals surface area (Å²) >= 11 is -5.46. The zero-order chi connectivity index (χ0) is 25.0. The van der Waals surface area contributed by atoms with E-state index in [1.54, 1.807) is 0 Å². The van der Waals surface area contributed by atoms with Crippen LogP contribution in [0.4, 0.5) is 0 Å². The summed E-state index contributed by atoms with van der Waals surface area (Å²) < 4.78 is 10.5. The predicted molar refractivity (Wildman–Crippen MR) is 145 cm³/mol. The number of rotatable bonds is 6. The topological polar surface area (TPSA) is 66.8 Å². The van der Waals surface area contributed by atoms with Crippen LogP contribution in [0.3, 0.4) is 0 Å². The molecule has 0 amide bonds. The maximum atomic E-state index is 14.1. The Morgan fingerprint density at radius 3 is 1.08 bits per heavy atom. The van der Waals surface area contributed by atoms with Crippen LogP contribution in [0.25, 0.3) is 0 Å². The van der Waals surface area contributed by atoms with Gasteiger partial charge in [-0.15, -0.1) is 0 Å². The van der Waals surface area contributed by atoms with E-state index in [9.17, 15) is 15.0 Å². The molecule has 5 rings (SSSR count). The second kappa shape index (κ2) is 9.56. The molecule has 4 nitrogen and oxygen atoms in total. The number of carbonyl (C=O) groups excluding carboxylic acids is 1. The van der Waals surface area contributed by atoms with Gasteiger partial charge in [0, 0.05) is 0 Å². The fourth-order valence-corrected chi connectivity index (χ4v) is 20.9. The van der Waals surface area contributed by atoms with Gasteiger partial charge in [0.2, 0.25) is 0 Å². The fourth-order valence-electron chi connectivity index (χ4n) is 4.90. The third-order valence-electron chi connectivity index (χ3n) is 6.49. The van der Waals surface area contributed by atoms with Crippen molar-refractivity contribution in [3.05, 3.63) is 145 Å². The maximum absolute atomic E-state index is 14.1. The van der Waals surface area contributed by atoms with Crippen LogP contribution in [0.15, 0.2) is 140 Å². The van der Waals surface area contributed by atoms with Gasteiger partial charge < -0.3 is 0 Å². The van der Waals surface area contributed by atoms with E-state index in [1.807, 2.05) is 121 Å². The summed E-state index contributed by atoms with van der Waals surface area (Å²) in [5.41, 5.74) is -0.255. The van der Waals surface area contributed by atoms with Crippen LogP contribution in [-0.4, -0.2) is 34.0 Å². The van der Waals surface area contributed by atoms with E-state index >= 15 is 0 Å². The minimum atomic E-state index is -5.46. The van der Waals surface area contributed by atoms with E-state index in [0.29, 0.717) is 0 Å². The second-order valence-electron chi connectivity index (χ2n) is 8.43. The number of phenols is 2. The van der Waals surface area contributed by atoms with E-state index in [-0.39, 0.29) is 17.1 Å². The Kier molecular flexibility index (Phi) is 6.30. The van der Waals surface area contributed by atoms with Gasteiger partial charge in [-0.25, -0.2) is 0 Å². The van der Waals surface area contributed by atoms with E-state index in [1.165, 1.54) is 18.2 Å². The zero-order valence-electron chi connectivity index (χ0n) is 19.4. The van der Waals surface area contributed by atoms with Crippen LogP contribution < -0.4 is 14.0 Å². The first-order valence-electron chi connectivity index (χ1n) is 11.6. The molecule has 0 unspecified atom stereocenters. The molecule has 0 aromatic heterocycles. The number of aromatic hydroxyl groups is 2. The summed E-state index contributed by atoms with van der Waals surface area (Å²) in [5.74, 6) is -1.46. The first-order valence-corrected chi connectivity index (χ1v) is 17.7. The van der Waals surface area contributed by atoms with Crippen LogP contribution in [0.5, 0.6) is 11.5 Å². The van der Waals surface area contributed by atoms with Gasteiger partial charge in [0.25, 0.3) is 0 Å². The normalized spacial score (nSPS) is 12.3. The molecule has 5 aromatic carbocycles. The van der Waals surface area contributed by atoms with Gasteiger partial charge in [-0.1, -0.05) is 0 Å². The molecule has 0 aliphatic carbocycles. The molecule has 0 spiro atoms. The van der Waals surface area contributed by atoms with Gasteiger partial charge >= 0.3 is 212 Å². The standard InChI is InChI=1S/C7H6O4.4C6H5.Sb/c8-4-2-1-3-5(9)6(4)7(10)11;4*1-2-4-6-5-3-1;/h1-3,8-9H,(H,10,11);4*1-5H;/q;;;;;+1/p-1. The molecule has 0 radical (unpaired) electrons. The first kappa shape index (κ1) is 23.7. The van der Waals surface area contributed by atoms with Crippen LogP contribution in [0.2, 0.25) is 0 Å². The van der Waals surface area contributed by atoms with E-state index in [4.69, 9.17) is 3.02 Å². The number of phenolic OH excluding ortho intramolecular Hbond substituents is 2. The van der Waals surface area contributed by atoms with Crippen molar-refractivity contribution in [3.8, 4) is 11.5 Å². The summed E-state index contributed by atoms with van der Waals surface area (Å²) in [7, 11) is 0. The summed E-state index contributed by atoms with van der Waals surface area (Å²) in [6, 6.07) is 43.6. The minimum absolute atomic E-state index is 0.255. The van der Waals surface area contributed by atoms with E-state index in [2.05, 4.69) is 0 Å². The molecule has 2 N–H and O–H groups in total. The third kappa shape index (κ3) is 3.57. The third-order valence-corrected chi connectivity index (χ3v) is 22.7. The molecule has 36 heavy (non-hydrogen) atoms. The summed E-state index contributed by atoms with van der Waals surface area (Å²) in [5, 5.41) is 21.2. The summed E-state index contributed by atoms with van der Waals surface area (Å²) in [6.07, 6.45) is 0. The molecular weight excluding hydrogens is 558 g/mol. The Morgan fingerprint density at radius 2 is 0.778 bits per heavy atom. The molecule has 0 bridgehead atoms. The quantitative estimate of drug-likeness (QED) is 0.299. The Hall–Kier alpha value is -4.01. The van der Waals surface area contributed by atoms with Crippen molar-refractivity contribution < 1.29 is 18.0 Å². The molecule has 0 fully saturated rings. The Morgan fingerprint density at radius 1 is 0.472 bits per heavy atom. The number of hydrogen-bond donors (Lipinski definition) is 2. The van der Waals surface area contributed by atoms with Gasteiger partial charge in [-0.3, -0.25) is 0 Å². The average molecular weight is 583 g/mol. The molecule has 5 aromatic rings. The summed E-state index contributed by atoms with van der Waals surface area (Å²) in [6.45, 7) is 0. The number of hydrogen-bond acceptors (Lipinski definition) is 4. The van der Waals surface area contributed by atoms with Gasteiger partial charge in [-0.2, -0.15) is 0 Å². The second-order valence-corrected chi connectivity index (χ2v) is 20.8. The van der Waals surface area contributed by atoms with Crippen LogP contribution in [0.1, 0.15) is 10.4 Å².